The molecule has 1 aliphatic heterocycles. The maximum absolute atomic E-state index is 12.9. The molecule has 1 atom stereocenters. The van der Waals surface area contributed by atoms with Gasteiger partial charge in [-0.05, 0) is 48.4 Å². The van der Waals surface area contributed by atoms with Crippen LogP contribution in [-0.2, 0) is 14.3 Å². The Bertz CT molecular complexity index is 953. The predicted octanol–water partition coefficient (Wildman–Crippen LogP) is 3.40. The molecule has 0 aliphatic carbocycles. The summed E-state index contributed by atoms with van der Waals surface area (Å²) in [6.45, 7) is 4.55. The molecule has 3 rings (SSSR count). The first-order valence-electron chi connectivity index (χ1n) is 9.52. The normalized spacial score (nSPS) is 16.8. The van der Waals surface area contributed by atoms with Crippen molar-refractivity contribution in [3.8, 4) is 5.75 Å². The number of hydrogen-bond acceptors (Lipinski definition) is 5. The molecule has 2 aromatic rings. The minimum absolute atomic E-state index is 0.149. The van der Waals surface area contributed by atoms with E-state index in [1.807, 2.05) is 43.3 Å². The zero-order chi connectivity index (χ0) is 21.0. The van der Waals surface area contributed by atoms with Crippen LogP contribution in [0.15, 0.2) is 47.7 Å². The van der Waals surface area contributed by atoms with Crippen molar-refractivity contribution in [1.29, 1.82) is 0 Å². The fourth-order valence-electron chi connectivity index (χ4n) is 3.52. The molecular weight excluding hydrogens is 372 g/mol. The molecule has 2 aromatic carbocycles. The number of amides is 2. The average Bonchev–Trinajstić information content (AvgIpc) is 2.72. The number of nitrogens with one attached hydrogen (secondary N) is 1. The Morgan fingerprint density at radius 1 is 1.10 bits per heavy atom. The van der Waals surface area contributed by atoms with Crippen LogP contribution in [0.1, 0.15) is 25.5 Å². The van der Waals surface area contributed by atoms with Gasteiger partial charge in [-0.2, -0.15) is 0 Å². The van der Waals surface area contributed by atoms with Crippen LogP contribution in [0.2, 0.25) is 0 Å². The third-order valence-electron chi connectivity index (χ3n) is 5.06. The number of benzene rings is 2. The molecule has 0 unspecified atom stereocenters. The van der Waals surface area contributed by atoms with Crippen LogP contribution in [-0.4, -0.2) is 50.9 Å². The number of carbonyl (C=O) groups excluding carboxylic acids is 2. The highest BCUT2D eigenvalue weighted by atomic mass is 16.6. The molecule has 29 heavy (non-hydrogen) atoms. The second kappa shape index (κ2) is 8.96. The van der Waals surface area contributed by atoms with E-state index in [1.54, 1.807) is 21.1 Å². The van der Waals surface area contributed by atoms with Gasteiger partial charge in [0, 0.05) is 19.4 Å². The highest BCUT2D eigenvalue weighted by Crippen LogP contribution is 2.33. The summed E-state index contributed by atoms with van der Waals surface area (Å²) in [4.78, 5) is 27.0. The first-order valence-corrected chi connectivity index (χ1v) is 9.52. The van der Waals surface area contributed by atoms with E-state index in [-0.39, 0.29) is 12.6 Å². The Hall–Kier alpha value is -3.06. The van der Waals surface area contributed by atoms with Crippen molar-refractivity contribution in [2.45, 2.75) is 19.9 Å². The van der Waals surface area contributed by atoms with Gasteiger partial charge in [0.15, 0.2) is 0 Å². The summed E-state index contributed by atoms with van der Waals surface area (Å²) in [5.41, 5.74) is 1.83. The molecule has 0 saturated heterocycles. The molecule has 1 heterocycles. The van der Waals surface area contributed by atoms with Crippen LogP contribution < -0.4 is 10.1 Å². The van der Waals surface area contributed by atoms with Crippen molar-refractivity contribution < 1.29 is 23.8 Å². The average molecular weight is 398 g/mol. The van der Waals surface area contributed by atoms with E-state index in [1.165, 1.54) is 4.90 Å². The molecule has 0 spiro atoms. The Labute approximate surface area is 170 Å². The van der Waals surface area contributed by atoms with Crippen molar-refractivity contribution in [3.63, 3.8) is 0 Å². The van der Waals surface area contributed by atoms with Crippen LogP contribution in [0, 0.1) is 0 Å². The fraction of sp³-hybridized carbons (Fsp3) is 0.364. The quantitative estimate of drug-likeness (QED) is 0.571. The zero-order valence-electron chi connectivity index (χ0n) is 17.2. The number of nitrogens with zero attached hydrogens (tertiary/aromatic N) is 1. The highest BCUT2D eigenvalue weighted by molar-refractivity contribution is 5.95. The van der Waals surface area contributed by atoms with Gasteiger partial charge in [0.2, 0.25) is 0 Å². The second-order valence-corrected chi connectivity index (χ2v) is 6.73. The number of allylic oxidation sites excluding steroid dienone is 1. The summed E-state index contributed by atoms with van der Waals surface area (Å²) in [5, 5.41) is 4.94. The van der Waals surface area contributed by atoms with E-state index in [0.717, 1.165) is 22.1 Å². The molecule has 0 saturated carbocycles. The summed E-state index contributed by atoms with van der Waals surface area (Å²) in [6.07, 6.45) is 0. The minimum Gasteiger partial charge on any atom is -0.497 e. The Kier molecular flexibility index (Phi) is 6.39. The lowest BCUT2D eigenvalue weighted by Crippen LogP contribution is -2.47. The minimum atomic E-state index is -0.591. The second-order valence-electron chi connectivity index (χ2n) is 6.73. The number of esters is 1. The number of ether oxygens (including phenoxy) is 3. The molecule has 0 fully saturated rings. The standard InChI is InChI=1S/C22H26N2O5/c1-5-24-14(2)19(21(25)29-11-10-27-3)20(23-22(24)26)17-7-6-16-13-18(28-4)9-8-15(16)12-17/h6-9,12-13,20H,5,10-11H2,1-4H3,(H,23,26)/t20-/m0/s1. The highest BCUT2D eigenvalue weighted by Gasteiger charge is 2.35. The maximum Gasteiger partial charge on any atom is 0.338 e. The number of carbonyl (C=O) groups is 2. The lowest BCUT2D eigenvalue weighted by molar-refractivity contribution is -0.140. The van der Waals surface area contributed by atoms with E-state index < -0.39 is 12.0 Å². The van der Waals surface area contributed by atoms with Crippen LogP contribution in [0.3, 0.4) is 0 Å². The predicted molar refractivity (Wildman–Crippen MR) is 110 cm³/mol. The molecule has 0 bridgehead atoms. The van der Waals surface area contributed by atoms with Crippen molar-refractivity contribution in [1.82, 2.24) is 10.2 Å². The van der Waals surface area contributed by atoms with Gasteiger partial charge in [-0.15, -0.1) is 0 Å². The molecule has 7 nitrogen and oxygen atoms in total. The monoisotopic (exact) mass is 398 g/mol. The molecular formula is C22H26N2O5. The number of fused-ring (bicyclic) bond motifs is 1. The molecule has 7 heteroatoms. The van der Waals surface area contributed by atoms with Gasteiger partial charge >= 0.3 is 12.0 Å². The molecule has 1 aliphatic rings. The van der Waals surface area contributed by atoms with Gasteiger partial charge in [0.1, 0.15) is 12.4 Å². The van der Waals surface area contributed by atoms with Gasteiger partial charge < -0.3 is 19.5 Å². The SMILES string of the molecule is CCN1C(=O)N[C@@H](c2ccc3cc(OC)ccc3c2)C(C(=O)OCCOC)=C1C. The Morgan fingerprint density at radius 3 is 2.52 bits per heavy atom. The van der Waals surface area contributed by atoms with Gasteiger partial charge in [0.25, 0.3) is 0 Å². The zero-order valence-corrected chi connectivity index (χ0v) is 17.2. The van der Waals surface area contributed by atoms with E-state index in [4.69, 9.17) is 14.2 Å². The third kappa shape index (κ3) is 4.19. The third-order valence-corrected chi connectivity index (χ3v) is 5.06. The number of rotatable bonds is 7. The largest absolute Gasteiger partial charge is 0.497 e. The summed E-state index contributed by atoms with van der Waals surface area (Å²) in [7, 11) is 3.17. The van der Waals surface area contributed by atoms with Crippen LogP contribution >= 0.6 is 0 Å². The number of urea groups is 1. The molecule has 1 N–H and O–H groups in total. The summed E-state index contributed by atoms with van der Waals surface area (Å²) >= 11 is 0. The van der Waals surface area contributed by atoms with E-state index in [2.05, 4.69) is 5.32 Å². The summed E-state index contributed by atoms with van der Waals surface area (Å²) in [6, 6.07) is 10.8. The summed E-state index contributed by atoms with van der Waals surface area (Å²) in [5.74, 6) is 0.311. The van der Waals surface area contributed by atoms with Crippen molar-refractivity contribution >= 4 is 22.8 Å². The molecule has 0 aromatic heterocycles. The Balaban J connectivity index is 2.02. The van der Waals surface area contributed by atoms with Crippen LogP contribution in [0.4, 0.5) is 4.79 Å². The topological polar surface area (TPSA) is 77.1 Å². The first-order chi connectivity index (χ1) is 14.0. The van der Waals surface area contributed by atoms with Gasteiger partial charge in [-0.3, -0.25) is 4.90 Å². The van der Waals surface area contributed by atoms with E-state index in [9.17, 15) is 9.59 Å². The van der Waals surface area contributed by atoms with E-state index >= 15 is 0 Å². The van der Waals surface area contributed by atoms with Gasteiger partial charge in [-0.1, -0.05) is 18.2 Å². The van der Waals surface area contributed by atoms with Crippen LogP contribution in [0.25, 0.3) is 10.8 Å². The molecule has 2 amide bonds. The molecule has 154 valence electrons. The summed E-state index contributed by atoms with van der Waals surface area (Å²) < 4.78 is 15.6. The molecule has 0 radical (unpaired) electrons. The Morgan fingerprint density at radius 2 is 1.83 bits per heavy atom. The van der Waals surface area contributed by atoms with Gasteiger partial charge in [0.05, 0.1) is 25.3 Å². The van der Waals surface area contributed by atoms with E-state index in [0.29, 0.717) is 24.4 Å². The maximum atomic E-state index is 12.9. The van der Waals surface area contributed by atoms with Crippen molar-refractivity contribution in [2.24, 2.45) is 0 Å². The number of hydrogen-bond donors (Lipinski definition) is 1. The number of methoxy groups -OCH3 is 2. The first kappa shape index (κ1) is 20.7. The van der Waals surface area contributed by atoms with Gasteiger partial charge in [-0.25, -0.2) is 9.59 Å². The lowest BCUT2D eigenvalue weighted by Gasteiger charge is -2.35. The van der Waals surface area contributed by atoms with Crippen molar-refractivity contribution in [2.75, 3.05) is 34.0 Å². The van der Waals surface area contributed by atoms with Crippen molar-refractivity contribution in [3.05, 3.63) is 53.2 Å². The smallest absolute Gasteiger partial charge is 0.338 e. The lowest BCUT2D eigenvalue weighted by atomic mass is 9.93. The fourth-order valence-corrected chi connectivity index (χ4v) is 3.52. The van der Waals surface area contributed by atoms with Crippen LogP contribution in [0.5, 0.6) is 5.75 Å².